The highest BCUT2D eigenvalue weighted by molar-refractivity contribution is 7.12. The molecule has 1 atom stereocenters. The first kappa shape index (κ1) is 31.9. The number of hydrogen-bond donors (Lipinski definition) is 2. The molecule has 0 radical (unpaired) electrons. The van der Waals surface area contributed by atoms with Crippen molar-refractivity contribution >= 4 is 40.7 Å². The lowest BCUT2D eigenvalue weighted by Gasteiger charge is -2.34. The van der Waals surface area contributed by atoms with Crippen molar-refractivity contribution in [3.8, 4) is 17.2 Å². The Balaban J connectivity index is 2.19. The average Bonchev–Trinajstić information content (AvgIpc) is 3.51. The van der Waals surface area contributed by atoms with Gasteiger partial charge in [0.25, 0.3) is 5.91 Å². The van der Waals surface area contributed by atoms with Crippen molar-refractivity contribution in [3.63, 3.8) is 0 Å². The van der Waals surface area contributed by atoms with Crippen LogP contribution in [0.3, 0.4) is 0 Å². The topological polar surface area (TPSA) is 132 Å². The summed E-state index contributed by atoms with van der Waals surface area (Å²) in [6.45, 7) is 5.03. The molecule has 3 amide bonds. The molecule has 2 N–H and O–H groups in total. The summed E-state index contributed by atoms with van der Waals surface area (Å²) in [4.78, 5) is 54.4. The van der Waals surface area contributed by atoms with Crippen LogP contribution < -0.4 is 29.7 Å². The van der Waals surface area contributed by atoms with Crippen LogP contribution in [0.2, 0.25) is 0 Å². The fourth-order valence-corrected chi connectivity index (χ4v) is 4.80. The summed E-state index contributed by atoms with van der Waals surface area (Å²) in [5, 5.41) is 7.34. The Hall–Kier alpha value is -4.58. The third-order valence-corrected chi connectivity index (χ3v) is 6.86. The Morgan fingerprint density at radius 1 is 0.905 bits per heavy atom. The van der Waals surface area contributed by atoms with E-state index in [1.54, 1.807) is 29.6 Å². The highest BCUT2D eigenvalue weighted by Crippen LogP contribution is 2.41. The number of thiophene rings is 1. The van der Waals surface area contributed by atoms with Gasteiger partial charge in [-0.25, -0.2) is 4.79 Å². The number of ether oxygens (including phenoxy) is 4. The molecule has 1 aromatic heterocycles. The third kappa shape index (κ3) is 7.58. The normalized spacial score (nSPS) is 11.6. The molecule has 3 rings (SSSR count). The Morgan fingerprint density at radius 3 is 2.00 bits per heavy atom. The molecule has 0 aliphatic heterocycles. The lowest BCUT2D eigenvalue weighted by atomic mass is 9.99. The van der Waals surface area contributed by atoms with Crippen molar-refractivity contribution in [1.29, 1.82) is 0 Å². The molecule has 0 saturated carbocycles. The Labute approximate surface area is 248 Å². The number of rotatable bonds is 11. The quantitative estimate of drug-likeness (QED) is 0.317. The van der Waals surface area contributed by atoms with E-state index >= 15 is 0 Å². The molecule has 0 fully saturated rings. The van der Waals surface area contributed by atoms with Crippen LogP contribution in [-0.4, -0.2) is 64.2 Å². The van der Waals surface area contributed by atoms with Gasteiger partial charge in [-0.15, -0.1) is 11.3 Å². The summed E-state index contributed by atoms with van der Waals surface area (Å²) >= 11 is 1.24. The zero-order chi connectivity index (χ0) is 31.0. The minimum absolute atomic E-state index is 0.253. The van der Waals surface area contributed by atoms with E-state index < -0.39 is 41.8 Å². The van der Waals surface area contributed by atoms with Crippen LogP contribution in [0.1, 0.15) is 52.4 Å². The summed E-state index contributed by atoms with van der Waals surface area (Å²) in [7, 11) is 5.61. The lowest BCUT2D eigenvalue weighted by molar-refractivity contribution is -0.127. The Bertz CT molecular complexity index is 1390. The van der Waals surface area contributed by atoms with Gasteiger partial charge in [0.05, 0.1) is 45.4 Å². The number of esters is 1. The first-order valence-corrected chi connectivity index (χ1v) is 13.8. The summed E-state index contributed by atoms with van der Waals surface area (Å²) in [6, 6.07) is 11.3. The number of hydrogen-bond acceptors (Lipinski definition) is 9. The van der Waals surface area contributed by atoms with Crippen LogP contribution in [0.15, 0.2) is 53.9 Å². The number of anilines is 1. The average molecular weight is 598 g/mol. The van der Waals surface area contributed by atoms with Crippen molar-refractivity contribution in [2.45, 2.75) is 32.4 Å². The van der Waals surface area contributed by atoms with Crippen LogP contribution in [0, 0.1) is 0 Å². The molecule has 12 heteroatoms. The van der Waals surface area contributed by atoms with E-state index in [4.69, 9.17) is 18.9 Å². The molecule has 2 aromatic carbocycles. The van der Waals surface area contributed by atoms with Crippen LogP contribution in [-0.2, 0) is 14.3 Å². The zero-order valence-corrected chi connectivity index (χ0v) is 25.4. The smallest absolute Gasteiger partial charge is 0.337 e. The Kier molecular flexibility index (Phi) is 10.5. The number of nitrogens with one attached hydrogen (secondary N) is 2. The van der Waals surface area contributed by atoms with Gasteiger partial charge in [-0.2, -0.15) is 0 Å². The van der Waals surface area contributed by atoms with Gasteiger partial charge in [0.1, 0.15) is 6.04 Å². The van der Waals surface area contributed by atoms with Crippen molar-refractivity contribution in [2.24, 2.45) is 0 Å². The van der Waals surface area contributed by atoms with E-state index in [1.807, 2.05) is 20.8 Å². The maximum atomic E-state index is 14.0. The van der Waals surface area contributed by atoms with Gasteiger partial charge in [-0.1, -0.05) is 6.07 Å². The molecular weight excluding hydrogens is 562 g/mol. The highest BCUT2D eigenvalue weighted by atomic mass is 32.1. The van der Waals surface area contributed by atoms with E-state index in [9.17, 15) is 19.2 Å². The molecule has 0 spiro atoms. The van der Waals surface area contributed by atoms with E-state index in [-0.39, 0.29) is 17.1 Å². The SMILES string of the molecule is COC(=O)c1ccc(N(C(=O)CNC(=O)c2cccs2)C(C(=O)NC(C)(C)C)c2cc(OC)c(OC)c(OC)c2)cc1. The van der Waals surface area contributed by atoms with Crippen LogP contribution in [0.5, 0.6) is 17.2 Å². The summed E-state index contributed by atoms with van der Waals surface area (Å²) in [5.41, 5.74) is 0.234. The first-order valence-electron chi connectivity index (χ1n) is 12.9. The number of methoxy groups -OCH3 is 4. The molecule has 0 aliphatic rings. The van der Waals surface area contributed by atoms with E-state index in [1.165, 1.54) is 68.9 Å². The van der Waals surface area contributed by atoms with Gasteiger partial charge in [-0.05, 0) is 74.2 Å². The highest BCUT2D eigenvalue weighted by Gasteiger charge is 2.36. The number of amides is 3. The van der Waals surface area contributed by atoms with Gasteiger partial charge in [0.2, 0.25) is 17.6 Å². The van der Waals surface area contributed by atoms with Crippen molar-refractivity contribution < 1.29 is 38.1 Å². The minimum atomic E-state index is -1.26. The second-order valence-corrected chi connectivity index (χ2v) is 11.0. The van der Waals surface area contributed by atoms with Gasteiger partial charge in [-0.3, -0.25) is 19.3 Å². The molecule has 42 heavy (non-hydrogen) atoms. The minimum Gasteiger partial charge on any atom is -0.493 e. The summed E-state index contributed by atoms with van der Waals surface area (Å²) < 4.78 is 21.3. The maximum Gasteiger partial charge on any atom is 0.337 e. The fourth-order valence-electron chi connectivity index (χ4n) is 4.16. The lowest BCUT2D eigenvalue weighted by Crippen LogP contribution is -2.51. The molecule has 1 unspecified atom stereocenters. The van der Waals surface area contributed by atoms with Crippen molar-refractivity contribution in [1.82, 2.24) is 10.6 Å². The summed E-state index contributed by atoms with van der Waals surface area (Å²) in [6.07, 6.45) is 0. The standard InChI is InChI=1S/C30H35N3O8S/c1-30(2,3)32-28(36)25(19-15-21(38-4)26(40-6)22(16-19)39-5)33(20-12-10-18(11-13-20)29(37)41-7)24(34)17-31-27(35)23-9-8-14-42-23/h8-16,25H,17H2,1-7H3,(H,31,35)(H,32,36). The van der Waals surface area contributed by atoms with Crippen LogP contribution in [0.4, 0.5) is 5.69 Å². The molecule has 11 nitrogen and oxygen atoms in total. The third-order valence-electron chi connectivity index (χ3n) is 5.99. The van der Waals surface area contributed by atoms with E-state index in [2.05, 4.69) is 10.6 Å². The molecule has 0 bridgehead atoms. The predicted molar refractivity (Wildman–Crippen MR) is 159 cm³/mol. The van der Waals surface area contributed by atoms with Crippen LogP contribution in [0.25, 0.3) is 0 Å². The molecule has 1 heterocycles. The first-order chi connectivity index (χ1) is 19.9. The molecule has 224 valence electrons. The molecular formula is C30H35N3O8S. The number of benzene rings is 2. The molecule has 3 aromatic rings. The van der Waals surface area contributed by atoms with E-state index in [0.29, 0.717) is 21.9 Å². The second-order valence-electron chi connectivity index (χ2n) is 10.1. The number of nitrogens with zero attached hydrogens (tertiary/aromatic N) is 1. The second kappa shape index (κ2) is 13.9. The van der Waals surface area contributed by atoms with Crippen molar-refractivity contribution in [2.75, 3.05) is 39.9 Å². The largest absolute Gasteiger partial charge is 0.493 e. The van der Waals surface area contributed by atoms with Gasteiger partial charge < -0.3 is 29.6 Å². The fraction of sp³-hybridized carbons (Fsp3) is 0.333. The number of carbonyl (C=O) groups excluding carboxylic acids is 4. The summed E-state index contributed by atoms with van der Waals surface area (Å²) in [5.74, 6) is -1.22. The molecule has 0 saturated heterocycles. The Morgan fingerprint density at radius 2 is 1.52 bits per heavy atom. The van der Waals surface area contributed by atoms with E-state index in [0.717, 1.165) is 0 Å². The van der Waals surface area contributed by atoms with Gasteiger partial charge in [0.15, 0.2) is 11.5 Å². The van der Waals surface area contributed by atoms with Crippen LogP contribution >= 0.6 is 11.3 Å². The number of carbonyl (C=O) groups is 4. The maximum absolute atomic E-state index is 14.0. The van der Waals surface area contributed by atoms with Gasteiger partial charge in [0, 0.05) is 11.2 Å². The van der Waals surface area contributed by atoms with Gasteiger partial charge >= 0.3 is 5.97 Å². The van der Waals surface area contributed by atoms with Crippen molar-refractivity contribution in [3.05, 3.63) is 69.9 Å². The monoisotopic (exact) mass is 597 g/mol. The predicted octanol–water partition coefficient (Wildman–Crippen LogP) is 3.98. The zero-order valence-electron chi connectivity index (χ0n) is 24.6. The molecule has 0 aliphatic carbocycles.